The van der Waals surface area contributed by atoms with E-state index in [1.165, 1.54) is 13.0 Å². The fraction of sp³-hybridized carbons (Fsp3) is 0.385. The zero-order valence-corrected chi connectivity index (χ0v) is 13.5. The highest BCUT2D eigenvalue weighted by Gasteiger charge is 2.33. The fourth-order valence-corrected chi connectivity index (χ4v) is 2.19. The van der Waals surface area contributed by atoms with E-state index >= 15 is 0 Å². The van der Waals surface area contributed by atoms with E-state index in [1.54, 1.807) is 6.92 Å². The number of nitrogen functional groups attached to an aromatic ring is 1. The Labute approximate surface area is 136 Å². The van der Waals surface area contributed by atoms with Crippen LogP contribution in [0.5, 0.6) is 0 Å². The summed E-state index contributed by atoms with van der Waals surface area (Å²) in [6, 6.07) is 2.22. The molecule has 0 aliphatic rings. The molecule has 0 aromatic heterocycles. The van der Waals surface area contributed by atoms with E-state index in [0.717, 1.165) is 6.07 Å². The number of rotatable bonds is 6. The van der Waals surface area contributed by atoms with Crippen LogP contribution in [-0.2, 0) is 4.79 Å². The predicted octanol–water partition coefficient (Wildman–Crippen LogP) is 2.54. The lowest BCUT2D eigenvalue weighted by Crippen LogP contribution is -2.52. The summed E-state index contributed by atoms with van der Waals surface area (Å²) < 4.78 is 0. The van der Waals surface area contributed by atoms with Crippen LogP contribution >= 0.6 is 23.2 Å². The lowest BCUT2D eigenvalue weighted by atomic mass is 9.93. The summed E-state index contributed by atoms with van der Waals surface area (Å²) in [5.41, 5.74) is 3.78. The minimum absolute atomic E-state index is 0.0596. The molecule has 0 saturated heterocycles. The van der Waals surface area contributed by atoms with Crippen LogP contribution in [0.15, 0.2) is 12.1 Å². The van der Waals surface area contributed by atoms with Crippen molar-refractivity contribution in [3.63, 3.8) is 0 Å². The summed E-state index contributed by atoms with van der Waals surface area (Å²) in [4.78, 5) is 34.2. The number of halogens is 2. The van der Waals surface area contributed by atoms with Gasteiger partial charge in [-0.05, 0) is 19.4 Å². The van der Waals surface area contributed by atoms with Crippen molar-refractivity contribution >= 4 is 46.3 Å². The molecule has 1 amide bonds. The molecule has 0 radical (unpaired) electrons. The molecule has 22 heavy (non-hydrogen) atoms. The second-order valence-corrected chi connectivity index (χ2v) is 5.50. The van der Waals surface area contributed by atoms with E-state index in [0.29, 0.717) is 6.42 Å². The maximum atomic E-state index is 12.3. The van der Waals surface area contributed by atoms with Gasteiger partial charge in [0.25, 0.3) is 11.6 Å². The summed E-state index contributed by atoms with van der Waals surface area (Å²) in [5, 5.41) is 13.2. The van der Waals surface area contributed by atoms with Gasteiger partial charge in [0, 0.05) is 11.6 Å². The quantitative estimate of drug-likeness (QED) is 0.355. The normalized spacial score (nSPS) is 13.3. The standard InChI is InChI=1S/C13H15Cl2N3O4/c1-3-13(2,10(19)6-14)17-12(20)7-4-8(16)11(15)9(5-7)18(21)22/h4-5H,3,6,16H2,1-2H3,(H,17,20). The number of benzene rings is 1. The van der Waals surface area contributed by atoms with Crippen molar-refractivity contribution in [3.05, 3.63) is 32.8 Å². The number of carbonyl (C=O) groups is 2. The Morgan fingerprint density at radius 2 is 2.05 bits per heavy atom. The van der Waals surface area contributed by atoms with Crippen molar-refractivity contribution in [2.24, 2.45) is 0 Å². The van der Waals surface area contributed by atoms with Crippen molar-refractivity contribution in [1.82, 2.24) is 5.32 Å². The van der Waals surface area contributed by atoms with Gasteiger partial charge < -0.3 is 11.1 Å². The lowest BCUT2D eigenvalue weighted by Gasteiger charge is -2.27. The molecule has 1 aromatic carbocycles. The first-order valence-electron chi connectivity index (χ1n) is 6.31. The Balaban J connectivity index is 3.19. The van der Waals surface area contributed by atoms with E-state index in [4.69, 9.17) is 28.9 Å². The minimum atomic E-state index is -1.16. The molecule has 0 spiro atoms. The molecular weight excluding hydrogens is 333 g/mol. The van der Waals surface area contributed by atoms with E-state index in [2.05, 4.69) is 5.32 Å². The number of amides is 1. The molecule has 0 aliphatic carbocycles. The number of nitro groups is 1. The number of nitrogens with one attached hydrogen (secondary N) is 1. The summed E-state index contributed by atoms with van der Waals surface area (Å²) in [7, 11) is 0. The first-order chi connectivity index (χ1) is 10.2. The van der Waals surface area contributed by atoms with Gasteiger partial charge in [-0.1, -0.05) is 18.5 Å². The van der Waals surface area contributed by atoms with E-state index in [1.807, 2.05) is 0 Å². The Morgan fingerprint density at radius 1 is 1.45 bits per heavy atom. The van der Waals surface area contributed by atoms with Crippen LogP contribution in [0.25, 0.3) is 0 Å². The van der Waals surface area contributed by atoms with E-state index < -0.39 is 22.1 Å². The molecule has 9 heteroatoms. The number of nitrogens with two attached hydrogens (primary N) is 1. The van der Waals surface area contributed by atoms with Crippen LogP contribution in [0.2, 0.25) is 5.02 Å². The van der Waals surface area contributed by atoms with Gasteiger partial charge >= 0.3 is 0 Å². The van der Waals surface area contributed by atoms with Crippen molar-refractivity contribution < 1.29 is 14.5 Å². The van der Waals surface area contributed by atoms with Crippen molar-refractivity contribution in [1.29, 1.82) is 0 Å². The molecule has 1 aromatic rings. The Bertz CT molecular complexity index is 636. The molecule has 120 valence electrons. The second-order valence-electron chi connectivity index (χ2n) is 4.85. The highest BCUT2D eigenvalue weighted by atomic mass is 35.5. The average Bonchev–Trinajstić information content (AvgIpc) is 2.48. The zero-order valence-electron chi connectivity index (χ0n) is 12.0. The number of hydrogen-bond acceptors (Lipinski definition) is 5. The Hall–Kier alpha value is -1.86. The molecule has 0 heterocycles. The van der Waals surface area contributed by atoms with Gasteiger partial charge in [0.2, 0.25) is 0 Å². The van der Waals surface area contributed by atoms with Gasteiger partial charge in [0.1, 0.15) is 5.02 Å². The van der Waals surface area contributed by atoms with Crippen molar-refractivity contribution in [2.45, 2.75) is 25.8 Å². The average molecular weight is 348 g/mol. The van der Waals surface area contributed by atoms with Gasteiger partial charge in [0.05, 0.1) is 22.0 Å². The third-order valence-corrected chi connectivity index (χ3v) is 4.03. The van der Waals surface area contributed by atoms with E-state index in [-0.39, 0.29) is 27.9 Å². The number of Topliss-reactive ketones (excluding diaryl/α,β-unsaturated/α-hetero) is 1. The van der Waals surface area contributed by atoms with Crippen LogP contribution in [0.3, 0.4) is 0 Å². The number of ketones is 1. The van der Waals surface area contributed by atoms with Gasteiger partial charge in [-0.15, -0.1) is 11.6 Å². The zero-order chi connectivity index (χ0) is 17.1. The van der Waals surface area contributed by atoms with Crippen LogP contribution in [0, 0.1) is 10.1 Å². The fourth-order valence-electron chi connectivity index (χ4n) is 1.72. The van der Waals surface area contributed by atoms with Crippen LogP contribution in [0.4, 0.5) is 11.4 Å². The topological polar surface area (TPSA) is 115 Å². The first-order valence-corrected chi connectivity index (χ1v) is 7.22. The number of nitro benzene ring substituents is 1. The first kappa shape index (κ1) is 18.2. The molecule has 0 fully saturated rings. The molecule has 0 saturated carbocycles. The summed E-state index contributed by atoms with van der Waals surface area (Å²) in [6.45, 7) is 3.24. The monoisotopic (exact) mass is 347 g/mol. The van der Waals surface area contributed by atoms with Gasteiger partial charge in [-0.25, -0.2) is 0 Å². The van der Waals surface area contributed by atoms with Crippen LogP contribution < -0.4 is 11.1 Å². The Kier molecular flexibility index (Phi) is 5.73. The number of nitrogens with zero attached hydrogens (tertiary/aromatic N) is 1. The number of hydrogen-bond donors (Lipinski definition) is 2. The maximum absolute atomic E-state index is 12.3. The van der Waals surface area contributed by atoms with Crippen LogP contribution in [-0.4, -0.2) is 28.0 Å². The van der Waals surface area contributed by atoms with Gasteiger partial charge in [-0.3, -0.25) is 19.7 Å². The largest absolute Gasteiger partial charge is 0.397 e. The summed E-state index contributed by atoms with van der Waals surface area (Å²) in [6.07, 6.45) is 0.315. The molecule has 7 nitrogen and oxygen atoms in total. The minimum Gasteiger partial charge on any atom is -0.397 e. The molecular formula is C13H15Cl2N3O4. The molecule has 0 bridgehead atoms. The highest BCUT2D eigenvalue weighted by Crippen LogP contribution is 2.31. The molecule has 1 atom stereocenters. The van der Waals surface area contributed by atoms with E-state index in [9.17, 15) is 19.7 Å². The van der Waals surface area contributed by atoms with Crippen molar-refractivity contribution in [2.75, 3.05) is 11.6 Å². The Morgan fingerprint density at radius 3 is 2.50 bits per heavy atom. The molecule has 3 N–H and O–H groups in total. The van der Waals surface area contributed by atoms with Gasteiger partial charge in [0.15, 0.2) is 5.78 Å². The summed E-state index contributed by atoms with van der Waals surface area (Å²) >= 11 is 11.3. The molecule has 0 aliphatic heterocycles. The number of carbonyl (C=O) groups excluding carboxylic acids is 2. The third kappa shape index (κ3) is 3.66. The second kappa shape index (κ2) is 6.93. The highest BCUT2D eigenvalue weighted by molar-refractivity contribution is 6.35. The number of alkyl halides is 1. The number of anilines is 1. The SMILES string of the molecule is CCC(C)(NC(=O)c1cc(N)c(Cl)c([N+](=O)[O-])c1)C(=O)CCl. The van der Waals surface area contributed by atoms with Gasteiger partial charge in [-0.2, -0.15) is 0 Å². The molecule has 1 rings (SSSR count). The summed E-state index contributed by atoms with van der Waals surface area (Å²) in [5.74, 6) is -1.29. The lowest BCUT2D eigenvalue weighted by molar-refractivity contribution is -0.384. The van der Waals surface area contributed by atoms with Crippen LogP contribution in [0.1, 0.15) is 30.6 Å². The maximum Gasteiger partial charge on any atom is 0.290 e. The molecule has 1 unspecified atom stereocenters. The van der Waals surface area contributed by atoms with Crippen molar-refractivity contribution in [3.8, 4) is 0 Å². The predicted molar refractivity (Wildman–Crippen MR) is 84.4 cm³/mol. The third-order valence-electron chi connectivity index (χ3n) is 3.37. The smallest absolute Gasteiger partial charge is 0.290 e.